The van der Waals surface area contributed by atoms with E-state index in [-0.39, 0.29) is 0 Å². The van der Waals surface area contributed by atoms with E-state index in [2.05, 4.69) is 13.8 Å². The lowest BCUT2D eigenvalue weighted by molar-refractivity contribution is -0.160. The minimum atomic E-state index is -1.06. The molecule has 0 aliphatic rings. The first kappa shape index (κ1) is 26.9. The molecule has 0 aromatic heterocycles. The average molecular weight is 399 g/mol. The van der Waals surface area contributed by atoms with Crippen LogP contribution < -0.4 is 0 Å². The smallest absolute Gasteiger partial charge is 0.320 e. The van der Waals surface area contributed by atoms with Crippen LogP contribution in [0.1, 0.15) is 124 Å². The summed E-state index contributed by atoms with van der Waals surface area (Å²) in [5.41, 5.74) is 0. The van der Waals surface area contributed by atoms with Gasteiger partial charge >= 0.3 is 11.9 Å². The Labute approximate surface area is 173 Å². The lowest BCUT2D eigenvalue weighted by Gasteiger charge is -2.18. The van der Waals surface area contributed by atoms with Gasteiger partial charge < -0.3 is 9.84 Å². The Bertz CT molecular complexity index is 381. The SMILES string of the molecule is CCCCCCCCCCCCC(CCCC)COC(=O)C(CCC)C(=O)O. The standard InChI is InChI=1S/C24H46O4/c1-4-7-9-10-11-12-13-14-15-16-19-21(18-8-5-2)20-28-24(27)22(17-6-3)23(25)26/h21-22H,4-20H2,1-3H3,(H,25,26). The molecule has 166 valence electrons. The highest BCUT2D eigenvalue weighted by Gasteiger charge is 2.27. The molecule has 0 heterocycles. The number of esters is 1. The zero-order valence-corrected chi connectivity index (χ0v) is 18.8. The van der Waals surface area contributed by atoms with Crippen molar-refractivity contribution >= 4 is 11.9 Å². The summed E-state index contributed by atoms with van der Waals surface area (Å²) in [6, 6.07) is 0. The van der Waals surface area contributed by atoms with Crippen molar-refractivity contribution in [3.05, 3.63) is 0 Å². The van der Waals surface area contributed by atoms with Crippen molar-refractivity contribution in [1.82, 2.24) is 0 Å². The van der Waals surface area contributed by atoms with E-state index in [0.29, 0.717) is 25.4 Å². The first-order chi connectivity index (χ1) is 13.6. The van der Waals surface area contributed by atoms with Crippen LogP contribution in [0.2, 0.25) is 0 Å². The molecule has 0 fully saturated rings. The predicted molar refractivity (Wildman–Crippen MR) is 116 cm³/mol. The molecule has 0 spiro atoms. The maximum Gasteiger partial charge on any atom is 0.320 e. The lowest BCUT2D eigenvalue weighted by Crippen LogP contribution is -2.27. The van der Waals surface area contributed by atoms with Gasteiger partial charge in [-0.15, -0.1) is 0 Å². The second-order valence-corrected chi connectivity index (χ2v) is 8.29. The molecule has 0 aromatic carbocycles. The second kappa shape index (κ2) is 19.3. The molecular weight excluding hydrogens is 352 g/mol. The molecule has 0 saturated heterocycles. The number of carbonyl (C=O) groups is 2. The maximum atomic E-state index is 12.1. The zero-order valence-electron chi connectivity index (χ0n) is 18.8. The van der Waals surface area contributed by atoms with Crippen LogP contribution in [0.25, 0.3) is 0 Å². The topological polar surface area (TPSA) is 63.6 Å². The normalized spacial score (nSPS) is 13.2. The van der Waals surface area contributed by atoms with Crippen molar-refractivity contribution in [2.24, 2.45) is 11.8 Å². The summed E-state index contributed by atoms with van der Waals surface area (Å²) in [5.74, 6) is -2.26. The predicted octanol–water partition coefficient (Wildman–Crippen LogP) is 7.15. The summed E-state index contributed by atoms with van der Waals surface area (Å²) < 4.78 is 5.40. The minimum absolute atomic E-state index is 0.353. The lowest BCUT2D eigenvalue weighted by atomic mass is 9.95. The monoisotopic (exact) mass is 398 g/mol. The molecule has 2 atom stereocenters. The molecular formula is C24H46O4. The molecule has 1 N–H and O–H groups in total. The van der Waals surface area contributed by atoms with Crippen LogP contribution in [-0.2, 0) is 14.3 Å². The van der Waals surface area contributed by atoms with Gasteiger partial charge in [0.2, 0.25) is 0 Å². The number of carbonyl (C=O) groups excluding carboxylic acids is 1. The number of ether oxygens (including phenoxy) is 1. The van der Waals surface area contributed by atoms with Crippen LogP contribution in [-0.4, -0.2) is 23.7 Å². The molecule has 0 amide bonds. The van der Waals surface area contributed by atoms with Gasteiger partial charge in [-0.3, -0.25) is 9.59 Å². The van der Waals surface area contributed by atoms with Gasteiger partial charge in [-0.1, -0.05) is 104 Å². The molecule has 0 aromatic rings. The fourth-order valence-electron chi connectivity index (χ4n) is 3.66. The maximum absolute atomic E-state index is 12.1. The Balaban J connectivity index is 4.01. The molecule has 4 nitrogen and oxygen atoms in total. The second-order valence-electron chi connectivity index (χ2n) is 8.29. The summed E-state index contributed by atoms with van der Waals surface area (Å²) in [6.45, 7) is 6.69. The number of hydrogen-bond donors (Lipinski definition) is 1. The van der Waals surface area contributed by atoms with E-state index in [1.165, 1.54) is 64.2 Å². The highest BCUT2D eigenvalue weighted by Crippen LogP contribution is 2.20. The number of aliphatic carboxylic acids is 1. The van der Waals surface area contributed by atoms with Gasteiger partial charge in [0, 0.05) is 0 Å². The Hall–Kier alpha value is -1.06. The van der Waals surface area contributed by atoms with Crippen molar-refractivity contribution in [2.75, 3.05) is 6.61 Å². The molecule has 4 heteroatoms. The number of unbranched alkanes of at least 4 members (excludes halogenated alkanes) is 10. The van der Waals surface area contributed by atoms with Crippen molar-refractivity contribution in [3.63, 3.8) is 0 Å². The Morgan fingerprint density at radius 2 is 1.18 bits per heavy atom. The molecule has 2 unspecified atom stereocenters. The summed E-state index contributed by atoms with van der Waals surface area (Å²) in [4.78, 5) is 23.3. The molecule has 0 aliphatic heterocycles. The summed E-state index contributed by atoms with van der Waals surface area (Å²) in [6.07, 6.45) is 18.7. The highest BCUT2D eigenvalue weighted by atomic mass is 16.5. The molecule has 0 bridgehead atoms. The number of carboxylic acids is 1. The first-order valence-corrected chi connectivity index (χ1v) is 12.0. The summed E-state index contributed by atoms with van der Waals surface area (Å²) >= 11 is 0. The molecule has 0 rings (SSSR count). The van der Waals surface area contributed by atoms with Gasteiger partial charge in [0.15, 0.2) is 5.92 Å². The van der Waals surface area contributed by atoms with Crippen LogP contribution in [0.3, 0.4) is 0 Å². The van der Waals surface area contributed by atoms with Gasteiger partial charge in [-0.25, -0.2) is 0 Å². The molecule has 0 saturated carbocycles. The van der Waals surface area contributed by atoms with Crippen molar-refractivity contribution < 1.29 is 19.4 Å². The largest absolute Gasteiger partial charge is 0.481 e. The van der Waals surface area contributed by atoms with Crippen molar-refractivity contribution in [1.29, 1.82) is 0 Å². The van der Waals surface area contributed by atoms with E-state index >= 15 is 0 Å². The van der Waals surface area contributed by atoms with Gasteiger partial charge in [-0.2, -0.15) is 0 Å². The van der Waals surface area contributed by atoms with E-state index in [1.54, 1.807) is 0 Å². The Morgan fingerprint density at radius 1 is 0.679 bits per heavy atom. The Morgan fingerprint density at radius 3 is 1.68 bits per heavy atom. The van der Waals surface area contributed by atoms with Crippen LogP contribution in [0, 0.1) is 11.8 Å². The highest BCUT2D eigenvalue weighted by molar-refractivity contribution is 5.93. The number of carboxylic acid groups (broad SMARTS) is 1. The van der Waals surface area contributed by atoms with Gasteiger partial charge in [0.1, 0.15) is 0 Å². The van der Waals surface area contributed by atoms with E-state index in [9.17, 15) is 14.7 Å². The summed E-state index contributed by atoms with van der Waals surface area (Å²) in [7, 11) is 0. The van der Waals surface area contributed by atoms with Crippen molar-refractivity contribution in [3.8, 4) is 0 Å². The fourth-order valence-corrected chi connectivity index (χ4v) is 3.66. The number of hydrogen-bond acceptors (Lipinski definition) is 3. The first-order valence-electron chi connectivity index (χ1n) is 12.0. The molecule has 0 radical (unpaired) electrons. The van der Waals surface area contributed by atoms with E-state index in [0.717, 1.165) is 25.7 Å². The molecule has 28 heavy (non-hydrogen) atoms. The van der Waals surface area contributed by atoms with Crippen LogP contribution in [0.5, 0.6) is 0 Å². The zero-order chi connectivity index (χ0) is 21.0. The van der Waals surface area contributed by atoms with E-state index in [4.69, 9.17) is 4.74 Å². The van der Waals surface area contributed by atoms with Gasteiger partial charge in [-0.05, 0) is 25.2 Å². The fraction of sp³-hybridized carbons (Fsp3) is 0.917. The van der Waals surface area contributed by atoms with E-state index in [1.807, 2.05) is 6.92 Å². The van der Waals surface area contributed by atoms with Crippen LogP contribution in [0.4, 0.5) is 0 Å². The number of rotatable bonds is 20. The quantitative estimate of drug-likeness (QED) is 0.134. The van der Waals surface area contributed by atoms with E-state index < -0.39 is 17.9 Å². The molecule has 0 aliphatic carbocycles. The minimum Gasteiger partial charge on any atom is -0.481 e. The van der Waals surface area contributed by atoms with Crippen molar-refractivity contribution in [2.45, 2.75) is 124 Å². The third kappa shape index (κ3) is 14.9. The van der Waals surface area contributed by atoms with Crippen LogP contribution >= 0.6 is 0 Å². The summed E-state index contributed by atoms with van der Waals surface area (Å²) in [5, 5.41) is 9.19. The third-order valence-corrected chi connectivity index (χ3v) is 5.55. The average Bonchev–Trinajstić information content (AvgIpc) is 2.68. The Kier molecular flexibility index (Phi) is 18.5. The third-order valence-electron chi connectivity index (χ3n) is 5.55. The van der Waals surface area contributed by atoms with Gasteiger partial charge in [0.25, 0.3) is 0 Å². The van der Waals surface area contributed by atoms with Gasteiger partial charge in [0.05, 0.1) is 6.61 Å². The van der Waals surface area contributed by atoms with Crippen LogP contribution in [0.15, 0.2) is 0 Å².